The molecule has 4 bridgehead atoms. The second kappa shape index (κ2) is 8.01. The number of hydrogen-bond acceptors (Lipinski definition) is 6. The van der Waals surface area contributed by atoms with Crippen molar-refractivity contribution in [1.29, 1.82) is 0 Å². The first kappa shape index (κ1) is 22.7. The highest BCUT2D eigenvalue weighted by atomic mass is 16.3. The van der Waals surface area contributed by atoms with Gasteiger partial charge in [0.05, 0.1) is 22.5 Å². The molecule has 11 nitrogen and oxygen atoms in total. The van der Waals surface area contributed by atoms with Crippen LogP contribution in [0.25, 0.3) is 21.9 Å². The van der Waals surface area contributed by atoms with Crippen LogP contribution in [0.5, 0.6) is 0 Å². The van der Waals surface area contributed by atoms with Gasteiger partial charge in [-0.15, -0.1) is 0 Å². The maximum absolute atomic E-state index is 13.1. The van der Waals surface area contributed by atoms with Crippen LogP contribution in [0.15, 0.2) is 18.5 Å². The topological polar surface area (TPSA) is 159 Å². The molecule has 8 rings (SSSR count). The summed E-state index contributed by atoms with van der Waals surface area (Å²) in [5.74, 6) is -0.504. The fraction of sp³-hybridized carbons (Fsp3) is 0.577. The van der Waals surface area contributed by atoms with Crippen molar-refractivity contribution in [3.8, 4) is 0 Å². The van der Waals surface area contributed by atoms with Gasteiger partial charge in [-0.1, -0.05) is 0 Å². The Morgan fingerprint density at radius 2 is 1.84 bits per heavy atom. The first-order valence-electron chi connectivity index (χ1n) is 13.3. The average molecular weight is 506 g/mol. The van der Waals surface area contributed by atoms with Gasteiger partial charge in [0.1, 0.15) is 5.65 Å². The molecule has 1 unspecified atom stereocenters. The SMILES string of the molecule is NC(=O)C1CCN(C(=O)C(=O)Nc2nn([C@H]3[C@@H]4CC5C[C@H]3C[C@@](O)(C5)C4)c3c2cnc2[nH]ccc23)CC1. The third-order valence-electron chi connectivity index (χ3n) is 9.33. The summed E-state index contributed by atoms with van der Waals surface area (Å²) in [4.78, 5) is 46.6. The Morgan fingerprint density at radius 1 is 1.11 bits per heavy atom. The molecule has 0 spiro atoms. The number of nitrogens with zero attached hydrogens (tertiary/aromatic N) is 4. The van der Waals surface area contributed by atoms with Crippen molar-refractivity contribution in [2.45, 2.75) is 56.6 Å². The van der Waals surface area contributed by atoms with Gasteiger partial charge in [0, 0.05) is 36.8 Å². The number of anilines is 1. The lowest BCUT2D eigenvalue weighted by atomic mass is 9.52. The number of aromatic nitrogens is 4. The van der Waals surface area contributed by atoms with E-state index < -0.39 is 17.4 Å². The van der Waals surface area contributed by atoms with Crippen LogP contribution in [0, 0.1) is 23.7 Å². The molecule has 11 heteroatoms. The van der Waals surface area contributed by atoms with Crippen molar-refractivity contribution in [2.75, 3.05) is 18.4 Å². The number of nitrogens with two attached hydrogens (primary N) is 1. The van der Waals surface area contributed by atoms with Crippen molar-refractivity contribution in [3.05, 3.63) is 18.5 Å². The third kappa shape index (κ3) is 3.54. The number of carbonyl (C=O) groups is 3. The van der Waals surface area contributed by atoms with E-state index in [9.17, 15) is 19.5 Å². The van der Waals surface area contributed by atoms with E-state index in [0.717, 1.165) is 48.7 Å². The fourth-order valence-corrected chi connectivity index (χ4v) is 7.96. The van der Waals surface area contributed by atoms with Gasteiger partial charge in [0.15, 0.2) is 5.82 Å². The predicted octanol–water partition coefficient (Wildman–Crippen LogP) is 1.69. The first-order valence-corrected chi connectivity index (χ1v) is 13.3. The summed E-state index contributed by atoms with van der Waals surface area (Å²) in [6.07, 6.45) is 9.05. The lowest BCUT2D eigenvalue weighted by Crippen LogP contribution is -2.55. The Labute approximate surface area is 212 Å². The van der Waals surface area contributed by atoms with Gasteiger partial charge in [-0.05, 0) is 68.8 Å². The summed E-state index contributed by atoms with van der Waals surface area (Å²) in [6, 6.07) is 2.08. The zero-order valence-corrected chi connectivity index (χ0v) is 20.5. The molecule has 37 heavy (non-hydrogen) atoms. The van der Waals surface area contributed by atoms with Gasteiger partial charge in [0.25, 0.3) is 0 Å². The number of piperidine rings is 1. The monoisotopic (exact) mass is 505 g/mol. The van der Waals surface area contributed by atoms with Crippen molar-refractivity contribution in [2.24, 2.45) is 29.4 Å². The van der Waals surface area contributed by atoms with E-state index >= 15 is 0 Å². The number of likely N-dealkylation sites (tertiary alicyclic amines) is 1. The van der Waals surface area contributed by atoms with E-state index in [1.165, 1.54) is 4.90 Å². The minimum absolute atomic E-state index is 0.119. The van der Waals surface area contributed by atoms with E-state index in [4.69, 9.17) is 10.8 Å². The van der Waals surface area contributed by atoms with E-state index in [1.54, 1.807) is 6.20 Å². The van der Waals surface area contributed by atoms with Gasteiger partial charge in [-0.2, -0.15) is 5.10 Å². The van der Waals surface area contributed by atoms with E-state index in [1.807, 2.05) is 16.9 Å². The Kier molecular flexibility index (Phi) is 4.92. The Balaban J connectivity index is 1.22. The number of aromatic amines is 1. The summed E-state index contributed by atoms with van der Waals surface area (Å²) in [5, 5.41) is 20.4. The largest absolute Gasteiger partial charge is 0.390 e. The molecule has 4 heterocycles. The molecule has 1 aliphatic heterocycles. The quantitative estimate of drug-likeness (QED) is 0.396. The normalized spacial score (nSPS) is 31.3. The second-order valence-corrected chi connectivity index (χ2v) is 11.7. The molecule has 1 saturated heterocycles. The van der Waals surface area contributed by atoms with Crippen molar-refractivity contribution in [3.63, 3.8) is 0 Å². The minimum Gasteiger partial charge on any atom is -0.390 e. The highest BCUT2D eigenvalue weighted by molar-refractivity contribution is 6.40. The van der Waals surface area contributed by atoms with Crippen molar-refractivity contribution < 1.29 is 19.5 Å². The number of carbonyl (C=O) groups excluding carboxylic acids is 3. The fourth-order valence-electron chi connectivity index (χ4n) is 7.96. The number of H-pyrrole nitrogens is 1. The summed E-state index contributed by atoms with van der Waals surface area (Å²) in [6.45, 7) is 0.631. The van der Waals surface area contributed by atoms with Crippen LogP contribution in [0.1, 0.15) is 51.0 Å². The molecule has 4 aliphatic carbocycles. The number of pyridine rings is 1. The average Bonchev–Trinajstić information content (AvgIpc) is 3.47. The van der Waals surface area contributed by atoms with E-state index in [-0.39, 0.29) is 17.9 Å². The number of primary amides is 1. The van der Waals surface area contributed by atoms with Crippen LogP contribution >= 0.6 is 0 Å². The molecule has 5 N–H and O–H groups in total. The number of aliphatic hydroxyl groups is 1. The van der Waals surface area contributed by atoms with Gasteiger partial charge >= 0.3 is 11.8 Å². The number of amides is 3. The van der Waals surface area contributed by atoms with E-state index in [2.05, 4.69) is 15.3 Å². The van der Waals surface area contributed by atoms with Gasteiger partial charge in [0.2, 0.25) is 5.91 Å². The van der Waals surface area contributed by atoms with Gasteiger partial charge < -0.3 is 26.0 Å². The first-order chi connectivity index (χ1) is 17.8. The van der Waals surface area contributed by atoms with Crippen LogP contribution in [-0.2, 0) is 14.4 Å². The maximum atomic E-state index is 13.1. The van der Waals surface area contributed by atoms with Crippen molar-refractivity contribution in [1.82, 2.24) is 24.6 Å². The van der Waals surface area contributed by atoms with Gasteiger partial charge in [-0.25, -0.2) is 4.98 Å². The molecule has 3 aromatic rings. The molecular formula is C26H31N7O4. The molecule has 5 atom stereocenters. The molecule has 0 radical (unpaired) electrons. The van der Waals surface area contributed by atoms with Gasteiger partial charge in [-0.3, -0.25) is 19.1 Å². The lowest BCUT2D eigenvalue weighted by Gasteiger charge is -2.57. The second-order valence-electron chi connectivity index (χ2n) is 11.7. The van der Waals surface area contributed by atoms with Crippen LogP contribution in [0.3, 0.4) is 0 Å². The number of fused-ring (bicyclic) bond motifs is 3. The van der Waals surface area contributed by atoms with E-state index in [0.29, 0.717) is 54.9 Å². The maximum Gasteiger partial charge on any atom is 0.315 e. The summed E-state index contributed by atoms with van der Waals surface area (Å²) >= 11 is 0. The number of hydrogen-bond donors (Lipinski definition) is 4. The third-order valence-corrected chi connectivity index (χ3v) is 9.33. The summed E-state index contributed by atoms with van der Waals surface area (Å²) < 4.78 is 2.04. The predicted molar refractivity (Wildman–Crippen MR) is 134 cm³/mol. The number of nitrogens with one attached hydrogen (secondary N) is 2. The molecule has 3 aromatic heterocycles. The standard InChI is InChI=1S/C26H31N7O4/c27-21(34)14-2-5-32(6-3-14)25(36)24(35)30-23-18-12-29-22-17(1-4-28-22)20(18)33(31-23)19-15-7-13-8-16(19)11-26(37,9-13)10-15/h1,4,12-16,19,37H,2-3,5-11H2,(H2,27,34)(H,28,29)(H,30,31,35)/t13?,15-,16+,19+,26-. The van der Waals surface area contributed by atoms with Crippen LogP contribution in [0.4, 0.5) is 5.82 Å². The molecule has 3 amide bonds. The molecule has 5 aliphatic rings. The van der Waals surface area contributed by atoms with Crippen LogP contribution in [0.2, 0.25) is 0 Å². The molecular weight excluding hydrogens is 474 g/mol. The van der Waals surface area contributed by atoms with Crippen molar-refractivity contribution >= 4 is 45.5 Å². The molecule has 4 saturated carbocycles. The Morgan fingerprint density at radius 3 is 2.51 bits per heavy atom. The Bertz CT molecular complexity index is 1420. The smallest absolute Gasteiger partial charge is 0.315 e. The van der Waals surface area contributed by atoms with Crippen LogP contribution in [-0.4, -0.2) is 66.2 Å². The molecule has 5 fully saturated rings. The Hall–Kier alpha value is -3.47. The zero-order valence-electron chi connectivity index (χ0n) is 20.5. The highest BCUT2D eigenvalue weighted by Crippen LogP contribution is 2.60. The minimum atomic E-state index is -0.752. The zero-order chi connectivity index (χ0) is 25.5. The molecule has 0 aromatic carbocycles. The number of rotatable bonds is 3. The highest BCUT2D eigenvalue weighted by Gasteiger charge is 2.56. The lowest BCUT2D eigenvalue weighted by molar-refractivity contribution is -0.148. The summed E-state index contributed by atoms with van der Waals surface area (Å²) in [7, 11) is 0. The van der Waals surface area contributed by atoms with Crippen LogP contribution < -0.4 is 11.1 Å². The summed E-state index contributed by atoms with van der Waals surface area (Å²) in [5.41, 5.74) is 6.46. The molecule has 194 valence electrons.